The van der Waals surface area contributed by atoms with Crippen molar-refractivity contribution < 1.29 is 13.2 Å². The highest BCUT2D eigenvalue weighted by atomic mass is 32.2. The fourth-order valence-corrected chi connectivity index (χ4v) is 6.75. The van der Waals surface area contributed by atoms with Crippen molar-refractivity contribution in [3.05, 3.63) is 77.9 Å². The molecule has 3 aromatic rings. The lowest BCUT2D eigenvalue weighted by atomic mass is 9.81. The Morgan fingerprint density at radius 1 is 0.771 bits per heavy atom. The van der Waals surface area contributed by atoms with Crippen molar-refractivity contribution in [2.45, 2.75) is 49.8 Å². The summed E-state index contributed by atoms with van der Waals surface area (Å²) in [5.41, 5.74) is 2.69. The highest BCUT2D eigenvalue weighted by Crippen LogP contribution is 2.29. The van der Waals surface area contributed by atoms with Gasteiger partial charge in [0.05, 0.1) is 4.90 Å². The minimum Gasteiger partial charge on any atom is -0.356 e. The highest BCUT2D eigenvalue weighted by Gasteiger charge is 2.27. The first-order valence-corrected chi connectivity index (χ1v) is 14.3. The molecule has 0 heterocycles. The van der Waals surface area contributed by atoms with E-state index in [1.165, 1.54) is 11.1 Å². The molecule has 5 nitrogen and oxygen atoms in total. The molecule has 3 aromatic carbocycles. The Labute approximate surface area is 208 Å². The molecule has 0 saturated heterocycles. The lowest BCUT2D eigenvalue weighted by Gasteiger charge is -2.30. The van der Waals surface area contributed by atoms with Gasteiger partial charge >= 0.3 is 0 Å². The average Bonchev–Trinajstić information content (AvgIpc) is 2.90. The van der Waals surface area contributed by atoms with Gasteiger partial charge in [0.1, 0.15) is 0 Å². The molecule has 1 atom stereocenters. The molecule has 1 fully saturated rings. The van der Waals surface area contributed by atoms with Gasteiger partial charge < -0.3 is 5.32 Å². The molecule has 5 rings (SSSR count). The van der Waals surface area contributed by atoms with Crippen LogP contribution in [0.5, 0.6) is 0 Å². The standard InChI is InChI=1S/C29H34N2O3S/c32-29(27-14-13-23-5-1-3-7-25(23)17-27)30-19-21-9-11-22(12-10-21)20-31-35(33,34)28-16-15-24-6-2-4-8-26(24)18-28/h1-8,15-16,18,21-22,27,31H,9-14,17,19-20H2,(H,30,32). The lowest BCUT2D eigenvalue weighted by Crippen LogP contribution is -2.38. The van der Waals surface area contributed by atoms with Gasteiger partial charge in [0.25, 0.3) is 0 Å². The third kappa shape index (κ3) is 5.76. The zero-order valence-electron chi connectivity index (χ0n) is 20.1. The van der Waals surface area contributed by atoms with E-state index < -0.39 is 10.0 Å². The number of carbonyl (C=O) groups excluding carboxylic acids is 1. The molecule has 0 radical (unpaired) electrons. The Hall–Kier alpha value is -2.70. The number of nitrogens with one attached hydrogen (secondary N) is 2. The van der Waals surface area contributed by atoms with Crippen LogP contribution in [0.4, 0.5) is 0 Å². The van der Waals surface area contributed by atoms with Crippen molar-refractivity contribution in [3.8, 4) is 0 Å². The monoisotopic (exact) mass is 490 g/mol. The van der Waals surface area contributed by atoms with Gasteiger partial charge in [0, 0.05) is 19.0 Å². The van der Waals surface area contributed by atoms with Gasteiger partial charge in [-0.15, -0.1) is 0 Å². The van der Waals surface area contributed by atoms with E-state index in [0.29, 0.717) is 23.3 Å². The van der Waals surface area contributed by atoms with Crippen LogP contribution in [0, 0.1) is 17.8 Å². The Bertz CT molecular complexity index is 1300. The maximum absolute atomic E-state index is 12.8. The molecule has 0 aliphatic heterocycles. The highest BCUT2D eigenvalue weighted by molar-refractivity contribution is 7.89. The van der Waals surface area contributed by atoms with Gasteiger partial charge in [0.15, 0.2) is 0 Å². The maximum atomic E-state index is 12.8. The predicted molar refractivity (Wildman–Crippen MR) is 140 cm³/mol. The number of benzene rings is 3. The Balaban J connectivity index is 1.06. The van der Waals surface area contributed by atoms with Crippen LogP contribution in [0.1, 0.15) is 43.2 Å². The minimum atomic E-state index is -3.53. The second kappa shape index (κ2) is 10.5. The van der Waals surface area contributed by atoms with Crippen LogP contribution in [0.25, 0.3) is 10.8 Å². The molecule has 1 saturated carbocycles. The zero-order valence-corrected chi connectivity index (χ0v) is 20.9. The Morgan fingerprint density at radius 2 is 1.43 bits per heavy atom. The normalized spacial score (nSPS) is 22.5. The van der Waals surface area contributed by atoms with Crippen LogP contribution in [0.15, 0.2) is 71.6 Å². The molecule has 1 unspecified atom stereocenters. The SMILES string of the molecule is O=C(NCC1CCC(CNS(=O)(=O)c2ccc3ccccc3c2)CC1)C1CCc2ccccc2C1. The number of carbonyl (C=O) groups is 1. The zero-order chi connectivity index (χ0) is 24.3. The fourth-order valence-electron chi connectivity index (χ4n) is 5.60. The molecule has 2 aliphatic rings. The van der Waals surface area contributed by atoms with E-state index in [9.17, 15) is 13.2 Å². The average molecular weight is 491 g/mol. The minimum absolute atomic E-state index is 0.0748. The van der Waals surface area contributed by atoms with Crippen molar-refractivity contribution in [1.82, 2.24) is 10.0 Å². The summed E-state index contributed by atoms with van der Waals surface area (Å²) >= 11 is 0. The van der Waals surface area contributed by atoms with Crippen molar-refractivity contribution >= 4 is 26.7 Å². The van der Waals surface area contributed by atoms with Crippen LogP contribution in [0.3, 0.4) is 0 Å². The molecule has 0 bridgehead atoms. The number of fused-ring (bicyclic) bond motifs is 2. The molecule has 1 amide bonds. The molecule has 184 valence electrons. The third-order valence-corrected chi connectivity index (χ3v) is 9.26. The summed E-state index contributed by atoms with van der Waals surface area (Å²) in [5, 5.41) is 5.17. The van der Waals surface area contributed by atoms with Crippen molar-refractivity contribution in [2.75, 3.05) is 13.1 Å². The quantitative estimate of drug-likeness (QED) is 0.497. The summed E-state index contributed by atoms with van der Waals surface area (Å²) in [4.78, 5) is 13.1. The van der Waals surface area contributed by atoms with E-state index in [1.807, 2.05) is 30.3 Å². The molecule has 2 aliphatic carbocycles. The smallest absolute Gasteiger partial charge is 0.240 e. The van der Waals surface area contributed by atoms with Gasteiger partial charge in [-0.05, 0) is 90.8 Å². The summed E-state index contributed by atoms with van der Waals surface area (Å²) in [6.07, 6.45) is 6.76. The number of aryl methyl sites for hydroxylation is 1. The number of rotatable bonds is 7. The fraction of sp³-hybridized carbons (Fsp3) is 0.414. The summed E-state index contributed by atoms with van der Waals surface area (Å²) in [6, 6.07) is 21.5. The number of hydrogen-bond acceptors (Lipinski definition) is 3. The molecule has 0 spiro atoms. The first-order chi connectivity index (χ1) is 17.0. The lowest BCUT2D eigenvalue weighted by molar-refractivity contribution is -0.125. The largest absolute Gasteiger partial charge is 0.356 e. The van der Waals surface area contributed by atoms with Crippen molar-refractivity contribution in [2.24, 2.45) is 17.8 Å². The summed E-state index contributed by atoms with van der Waals surface area (Å²) < 4.78 is 28.5. The van der Waals surface area contributed by atoms with E-state index in [-0.39, 0.29) is 11.8 Å². The molecule has 6 heteroatoms. The van der Waals surface area contributed by atoms with Crippen molar-refractivity contribution in [1.29, 1.82) is 0 Å². The van der Waals surface area contributed by atoms with Crippen LogP contribution in [0.2, 0.25) is 0 Å². The topological polar surface area (TPSA) is 75.3 Å². The Kier molecular flexibility index (Phi) is 7.21. The van der Waals surface area contributed by atoms with E-state index in [4.69, 9.17) is 0 Å². The third-order valence-electron chi connectivity index (χ3n) is 7.84. The van der Waals surface area contributed by atoms with Crippen molar-refractivity contribution in [3.63, 3.8) is 0 Å². The molecular weight excluding hydrogens is 456 g/mol. The van der Waals surface area contributed by atoms with E-state index >= 15 is 0 Å². The first-order valence-electron chi connectivity index (χ1n) is 12.8. The number of hydrogen-bond donors (Lipinski definition) is 2. The first kappa shape index (κ1) is 24.0. The molecule has 35 heavy (non-hydrogen) atoms. The molecular formula is C29H34N2O3S. The second-order valence-electron chi connectivity index (χ2n) is 10.2. The van der Waals surface area contributed by atoms with E-state index in [1.54, 1.807) is 12.1 Å². The van der Waals surface area contributed by atoms with Gasteiger partial charge in [0.2, 0.25) is 15.9 Å². The van der Waals surface area contributed by atoms with Crippen LogP contribution in [-0.2, 0) is 27.7 Å². The molecule has 0 aromatic heterocycles. The van der Waals surface area contributed by atoms with Gasteiger partial charge in [-0.1, -0.05) is 54.6 Å². The van der Waals surface area contributed by atoms with Gasteiger partial charge in [-0.2, -0.15) is 0 Å². The summed E-state index contributed by atoms with van der Waals surface area (Å²) in [6.45, 7) is 1.20. The van der Waals surface area contributed by atoms with E-state index in [0.717, 1.165) is 62.3 Å². The van der Waals surface area contributed by atoms with E-state index in [2.05, 4.69) is 34.3 Å². The van der Waals surface area contributed by atoms with Gasteiger partial charge in [-0.3, -0.25) is 4.79 Å². The number of amides is 1. The summed E-state index contributed by atoms with van der Waals surface area (Å²) in [5.74, 6) is 1.07. The maximum Gasteiger partial charge on any atom is 0.240 e. The second-order valence-corrected chi connectivity index (χ2v) is 12.0. The Morgan fingerprint density at radius 3 is 2.20 bits per heavy atom. The van der Waals surface area contributed by atoms with Crippen LogP contribution >= 0.6 is 0 Å². The van der Waals surface area contributed by atoms with Gasteiger partial charge in [-0.25, -0.2) is 13.1 Å². The van der Waals surface area contributed by atoms with Crippen LogP contribution in [-0.4, -0.2) is 27.4 Å². The summed E-state index contributed by atoms with van der Waals surface area (Å²) in [7, 11) is -3.53. The number of sulfonamides is 1. The molecule has 2 N–H and O–H groups in total. The van der Waals surface area contributed by atoms with Crippen LogP contribution < -0.4 is 10.0 Å². The predicted octanol–water partition coefficient (Wildman–Crippen LogP) is 4.85.